The van der Waals surface area contributed by atoms with Crippen LogP contribution in [0.4, 0.5) is 4.39 Å². The fraction of sp³-hybridized carbons (Fsp3) is 0.500. The third-order valence-electron chi connectivity index (χ3n) is 4.82. The zero-order valence-electron chi connectivity index (χ0n) is 14.8. The summed E-state index contributed by atoms with van der Waals surface area (Å²) in [7, 11) is -3.76. The number of piperazine rings is 1. The van der Waals surface area contributed by atoms with Crippen molar-refractivity contribution in [2.24, 2.45) is 10.2 Å². The molecule has 9 heteroatoms. The van der Waals surface area contributed by atoms with E-state index in [2.05, 4.69) is 16.1 Å². The quantitative estimate of drug-likeness (QED) is 0.666. The van der Waals surface area contributed by atoms with Gasteiger partial charge in [0, 0.05) is 51.9 Å². The predicted molar refractivity (Wildman–Crippen MR) is 96.6 cm³/mol. The molecule has 2 heterocycles. The summed E-state index contributed by atoms with van der Waals surface area (Å²) in [6, 6.07) is 4.94. The second-order valence-electron chi connectivity index (χ2n) is 6.63. The summed E-state index contributed by atoms with van der Waals surface area (Å²) in [5, 5.41) is 8.03. The van der Waals surface area contributed by atoms with Crippen LogP contribution in [0.2, 0.25) is 0 Å². The van der Waals surface area contributed by atoms with Crippen molar-refractivity contribution in [3.05, 3.63) is 30.1 Å². The highest BCUT2D eigenvalue weighted by Gasteiger charge is 2.40. The molecule has 144 valence electrons. The second-order valence-corrected chi connectivity index (χ2v) is 8.57. The molecule has 0 unspecified atom stereocenters. The maximum atomic E-state index is 13.3. The molecular weight excluding hydrogens is 371 g/mol. The first-order chi connectivity index (χ1) is 12.9. The van der Waals surface area contributed by atoms with Crippen molar-refractivity contribution in [1.82, 2.24) is 9.21 Å². The lowest BCUT2D eigenvalue weighted by molar-refractivity contribution is -0.132. The fourth-order valence-corrected chi connectivity index (χ4v) is 4.54. The van der Waals surface area contributed by atoms with Gasteiger partial charge in [-0.25, -0.2) is 12.8 Å². The molecule has 0 bridgehead atoms. The Morgan fingerprint density at radius 2 is 1.93 bits per heavy atom. The molecule has 0 aromatic heterocycles. The third kappa shape index (κ3) is 4.51. The van der Waals surface area contributed by atoms with Gasteiger partial charge in [-0.15, -0.1) is 12.3 Å². The number of carbonyl (C=O) groups excluding carboxylic acids is 1. The highest BCUT2D eigenvalue weighted by molar-refractivity contribution is 7.89. The molecule has 1 fully saturated rings. The van der Waals surface area contributed by atoms with Gasteiger partial charge in [0.1, 0.15) is 5.82 Å². The van der Waals surface area contributed by atoms with E-state index in [1.165, 1.54) is 22.5 Å². The van der Waals surface area contributed by atoms with Crippen LogP contribution in [0.25, 0.3) is 0 Å². The maximum absolute atomic E-state index is 13.3. The van der Waals surface area contributed by atoms with E-state index >= 15 is 0 Å². The van der Waals surface area contributed by atoms with Crippen molar-refractivity contribution in [1.29, 1.82) is 0 Å². The van der Waals surface area contributed by atoms with Crippen LogP contribution in [0, 0.1) is 18.2 Å². The zero-order chi connectivity index (χ0) is 19.5. The van der Waals surface area contributed by atoms with Gasteiger partial charge in [0.15, 0.2) is 5.66 Å². The Kier molecular flexibility index (Phi) is 5.58. The largest absolute Gasteiger partial charge is 0.340 e. The lowest BCUT2D eigenvalue weighted by atomic mass is 10.0. The Balaban J connectivity index is 1.51. The Bertz CT molecular complexity index is 880. The summed E-state index contributed by atoms with van der Waals surface area (Å²) in [4.78, 5) is 14.0. The van der Waals surface area contributed by atoms with Gasteiger partial charge in [-0.05, 0) is 18.2 Å². The molecule has 0 radical (unpaired) electrons. The van der Waals surface area contributed by atoms with Crippen molar-refractivity contribution in [2.45, 2.75) is 36.2 Å². The van der Waals surface area contributed by atoms with E-state index in [9.17, 15) is 17.6 Å². The van der Waals surface area contributed by atoms with Gasteiger partial charge in [-0.1, -0.05) is 6.07 Å². The van der Waals surface area contributed by atoms with Crippen LogP contribution in [-0.4, -0.2) is 55.4 Å². The number of hydrogen-bond acceptors (Lipinski definition) is 5. The smallest absolute Gasteiger partial charge is 0.243 e. The van der Waals surface area contributed by atoms with Gasteiger partial charge in [0.2, 0.25) is 15.9 Å². The lowest BCUT2D eigenvalue weighted by Crippen LogP contribution is -2.50. The summed E-state index contributed by atoms with van der Waals surface area (Å²) in [5.74, 6) is 1.91. The van der Waals surface area contributed by atoms with Crippen LogP contribution in [0.3, 0.4) is 0 Å². The van der Waals surface area contributed by atoms with Crippen LogP contribution in [0.15, 0.2) is 39.4 Å². The zero-order valence-corrected chi connectivity index (χ0v) is 15.7. The monoisotopic (exact) mass is 392 g/mol. The standard InChI is InChI=1S/C18H21FN4O3S/c1-2-3-8-18(20-21-18)9-7-17(24)22-10-12-23(13-11-22)27(25,26)16-6-4-5-15(19)14-16/h1,4-6,14H,3,7-13H2. The first-order valence-electron chi connectivity index (χ1n) is 8.77. The van der Waals surface area contributed by atoms with E-state index in [1.807, 2.05) is 0 Å². The number of hydrogen-bond donors (Lipinski definition) is 0. The molecule has 1 amide bonds. The summed E-state index contributed by atoms with van der Waals surface area (Å²) in [6.07, 6.45) is 7.29. The Morgan fingerprint density at radius 1 is 1.22 bits per heavy atom. The number of benzene rings is 1. The Hall–Kier alpha value is -2.31. The van der Waals surface area contributed by atoms with E-state index in [4.69, 9.17) is 6.42 Å². The molecule has 0 atom stereocenters. The fourth-order valence-electron chi connectivity index (χ4n) is 3.09. The highest BCUT2D eigenvalue weighted by atomic mass is 32.2. The van der Waals surface area contributed by atoms with Crippen LogP contribution in [0.1, 0.15) is 25.7 Å². The highest BCUT2D eigenvalue weighted by Crippen LogP contribution is 2.37. The SMILES string of the molecule is C#CCCC1(CCC(=O)N2CCN(S(=O)(=O)c3cccc(F)c3)CC2)N=N1. The van der Waals surface area contributed by atoms with E-state index in [-0.39, 0.29) is 23.9 Å². The van der Waals surface area contributed by atoms with E-state index in [1.54, 1.807) is 4.90 Å². The molecule has 0 spiro atoms. The molecule has 3 rings (SSSR count). The first kappa shape index (κ1) is 19.5. The normalized spacial score (nSPS) is 18.9. The summed E-state index contributed by atoms with van der Waals surface area (Å²) < 4.78 is 39.8. The number of halogens is 1. The molecule has 2 aliphatic rings. The molecule has 1 aromatic rings. The minimum absolute atomic E-state index is 0.0461. The molecule has 0 aliphatic carbocycles. The predicted octanol–water partition coefficient (Wildman–Crippen LogP) is 2.01. The minimum atomic E-state index is -3.76. The molecule has 1 saturated heterocycles. The van der Waals surface area contributed by atoms with Crippen LogP contribution in [0.5, 0.6) is 0 Å². The van der Waals surface area contributed by atoms with Gasteiger partial charge in [0.05, 0.1) is 4.90 Å². The summed E-state index contributed by atoms with van der Waals surface area (Å²) in [6.45, 7) is 0.973. The molecule has 0 saturated carbocycles. The number of terminal acetylenes is 1. The van der Waals surface area contributed by atoms with Crippen molar-refractivity contribution < 1.29 is 17.6 Å². The van der Waals surface area contributed by atoms with Gasteiger partial charge < -0.3 is 4.90 Å². The Morgan fingerprint density at radius 3 is 2.52 bits per heavy atom. The lowest BCUT2D eigenvalue weighted by Gasteiger charge is -2.34. The third-order valence-corrected chi connectivity index (χ3v) is 6.71. The topological polar surface area (TPSA) is 82.4 Å². The first-order valence-corrected chi connectivity index (χ1v) is 10.2. The van der Waals surface area contributed by atoms with E-state index in [0.29, 0.717) is 38.8 Å². The van der Waals surface area contributed by atoms with E-state index in [0.717, 1.165) is 6.07 Å². The van der Waals surface area contributed by atoms with Gasteiger partial charge >= 0.3 is 0 Å². The second kappa shape index (κ2) is 7.74. The molecule has 0 N–H and O–H groups in total. The number of sulfonamides is 1. The number of carbonyl (C=O) groups is 1. The number of amides is 1. The summed E-state index contributed by atoms with van der Waals surface area (Å²) >= 11 is 0. The van der Waals surface area contributed by atoms with Crippen molar-refractivity contribution in [2.75, 3.05) is 26.2 Å². The van der Waals surface area contributed by atoms with Crippen molar-refractivity contribution in [3.8, 4) is 12.3 Å². The molecular formula is C18H21FN4O3S. The van der Waals surface area contributed by atoms with Crippen LogP contribution in [-0.2, 0) is 14.8 Å². The van der Waals surface area contributed by atoms with Crippen LogP contribution < -0.4 is 0 Å². The van der Waals surface area contributed by atoms with Gasteiger partial charge in [-0.3, -0.25) is 4.79 Å². The average molecular weight is 392 g/mol. The molecule has 2 aliphatic heterocycles. The number of rotatable bonds is 7. The minimum Gasteiger partial charge on any atom is -0.340 e. The van der Waals surface area contributed by atoms with Crippen molar-refractivity contribution >= 4 is 15.9 Å². The Labute approximate surface area is 158 Å². The maximum Gasteiger partial charge on any atom is 0.243 e. The van der Waals surface area contributed by atoms with Gasteiger partial charge in [-0.2, -0.15) is 14.5 Å². The molecule has 7 nitrogen and oxygen atoms in total. The average Bonchev–Trinajstić information content (AvgIpc) is 3.45. The van der Waals surface area contributed by atoms with E-state index < -0.39 is 21.5 Å². The van der Waals surface area contributed by atoms with Crippen molar-refractivity contribution in [3.63, 3.8) is 0 Å². The van der Waals surface area contributed by atoms with Crippen LogP contribution >= 0.6 is 0 Å². The molecule has 1 aromatic carbocycles. The van der Waals surface area contributed by atoms with Gasteiger partial charge in [0.25, 0.3) is 0 Å². The number of nitrogens with zero attached hydrogens (tertiary/aromatic N) is 4. The molecule has 27 heavy (non-hydrogen) atoms. The summed E-state index contributed by atoms with van der Waals surface area (Å²) in [5.41, 5.74) is -0.495.